The van der Waals surface area contributed by atoms with Crippen LogP contribution in [0.15, 0.2) is 60.7 Å². The van der Waals surface area contributed by atoms with Crippen molar-refractivity contribution < 1.29 is 26.4 Å². The lowest BCUT2D eigenvalue weighted by Crippen LogP contribution is -2.38. The summed E-state index contributed by atoms with van der Waals surface area (Å²) in [6.45, 7) is 3.26. The normalized spacial score (nSPS) is 14.2. The van der Waals surface area contributed by atoms with Crippen molar-refractivity contribution in [2.24, 2.45) is 5.14 Å². The zero-order valence-electron chi connectivity index (χ0n) is 17.5. The molecule has 9 heteroatoms. The fourth-order valence-electron chi connectivity index (χ4n) is 3.57. The van der Waals surface area contributed by atoms with Gasteiger partial charge in [0, 0.05) is 11.3 Å². The van der Waals surface area contributed by atoms with Gasteiger partial charge in [-0.2, -0.15) is 13.2 Å². The number of ketones is 1. The SMILES string of the molecule is Cc1cc(CCC(C)(c2ccccc2)S(N)(=O)=O)[nH]c1C(=O)c1ccc(C(F)(F)F)cc1. The summed E-state index contributed by atoms with van der Waals surface area (Å²) in [6, 6.07) is 14.4. The van der Waals surface area contributed by atoms with Crippen molar-refractivity contribution in [3.63, 3.8) is 0 Å². The van der Waals surface area contributed by atoms with Crippen molar-refractivity contribution in [1.82, 2.24) is 4.98 Å². The number of alkyl halides is 3. The van der Waals surface area contributed by atoms with E-state index in [2.05, 4.69) is 4.98 Å². The van der Waals surface area contributed by atoms with E-state index in [-0.39, 0.29) is 17.7 Å². The highest BCUT2D eigenvalue weighted by atomic mass is 32.2. The highest BCUT2D eigenvalue weighted by Crippen LogP contribution is 2.34. The quantitative estimate of drug-likeness (QED) is 0.496. The van der Waals surface area contributed by atoms with Gasteiger partial charge in [0.1, 0.15) is 4.75 Å². The number of carbonyl (C=O) groups is 1. The summed E-state index contributed by atoms with van der Waals surface area (Å²) in [7, 11) is -3.94. The fourth-order valence-corrected chi connectivity index (χ4v) is 4.42. The number of nitrogens with two attached hydrogens (primary N) is 1. The van der Waals surface area contributed by atoms with Gasteiger partial charge < -0.3 is 4.98 Å². The number of benzene rings is 2. The van der Waals surface area contributed by atoms with Crippen LogP contribution >= 0.6 is 0 Å². The summed E-state index contributed by atoms with van der Waals surface area (Å²) in [5, 5.41) is 5.54. The molecule has 1 heterocycles. The number of hydrogen-bond acceptors (Lipinski definition) is 3. The molecule has 1 aromatic heterocycles. The van der Waals surface area contributed by atoms with Crippen LogP contribution in [0.4, 0.5) is 13.2 Å². The maximum atomic E-state index is 12.8. The molecule has 170 valence electrons. The number of nitrogens with one attached hydrogen (secondary N) is 1. The van der Waals surface area contributed by atoms with Gasteiger partial charge >= 0.3 is 6.18 Å². The second-order valence-electron chi connectivity index (χ2n) is 7.90. The average molecular weight is 465 g/mol. The van der Waals surface area contributed by atoms with Gasteiger partial charge in [-0.25, -0.2) is 13.6 Å². The number of aromatic amines is 1. The average Bonchev–Trinajstić information content (AvgIpc) is 3.11. The van der Waals surface area contributed by atoms with Gasteiger partial charge in [-0.1, -0.05) is 42.5 Å². The van der Waals surface area contributed by atoms with Crippen LogP contribution in [-0.4, -0.2) is 19.2 Å². The molecule has 0 saturated heterocycles. The Hall–Kier alpha value is -2.91. The molecule has 3 rings (SSSR count). The van der Waals surface area contributed by atoms with Gasteiger partial charge in [-0.3, -0.25) is 4.79 Å². The highest BCUT2D eigenvalue weighted by molar-refractivity contribution is 7.90. The molecule has 1 unspecified atom stereocenters. The Labute approximate surface area is 184 Å². The van der Waals surface area contributed by atoms with Gasteiger partial charge in [-0.05, 0) is 56.0 Å². The third-order valence-electron chi connectivity index (χ3n) is 5.66. The Balaban J connectivity index is 1.83. The van der Waals surface area contributed by atoms with Crippen molar-refractivity contribution in [2.75, 3.05) is 0 Å². The summed E-state index contributed by atoms with van der Waals surface area (Å²) in [5.41, 5.74) is 1.34. The van der Waals surface area contributed by atoms with Gasteiger partial charge in [0.05, 0.1) is 11.3 Å². The molecular formula is C23H23F3N2O3S. The Morgan fingerprint density at radius 2 is 1.59 bits per heavy atom. The van der Waals surface area contributed by atoms with E-state index in [0.29, 0.717) is 23.2 Å². The largest absolute Gasteiger partial charge is 0.416 e. The number of sulfonamides is 1. The first kappa shape index (κ1) is 23.7. The molecule has 0 saturated carbocycles. The molecule has 0 fully saturated rings. The number of rotatable bonds is 7. The Morgan fingerprint density at radius 3 is 2.12 bits per heavy atom. The molecule has 32 heavy (non-hydrogen) atoms. The Kier molecular flexibility index (Phi) is 6.35. The summed E-state index contributed by atoms with van der Waals surface area (Å²) < 4.78 is 61.7. The molecule has 5 nitrogen and oxygen atoms in total. The zero-order valence-corrected chi connectivity index (χ0v) is 18.3. The van der Waals surface area contributed by atoms with Crippen LogP contribution in [0.25, 0.3) is 0 Å². The minimum atomic E-state index is -4.48. The molecule has 0 aliphatic heterocycles. The lowest BCUT2D eigenvalue weighted by Gasteiger charge is -2.27. The van der Waals surface area contributed by atoms with E-state index in [1.165, 1.54) is 0 Å². The third-order valence-corrected chi connectivity index (χ3v) is 7.35. The van der Waals surface area contributed by atoms with E-state index in [1.54, 1.807) is 50.2 Å². The standard InChI is InChI=1S/C23H23F3N2O3S/c1-15-14-19(12-13-22(2,32(27,30)31)17-6-4-3-5-7-17)28-20(15)21(29)16-8-10-18(11-9-16)23(24,25)26/h3-11,14,28H,12-13H2,1-2H3,(H2,27,30,31). The number of primary sulfonamides is 1. The van der Waals surface area contributed by atoms with Crippen molar-refractivity contribution in [1.29, 1.82) is 0 Å². The second kappa shape index (κ2) is 8.55. The lowest BCUT2D eigenvalue weighted by atomic mass is 9.94. The molecule has 2 aromatic carbocycles. The topological polar surface area (TPSA) is 93.0 Å². The van der Waals surface area contributed by atoms with E-state index < -0.39 is 32.3 Å². The van der Waals surface area contributed by atoms with Crippen LogP contribution < -0.4 is 5.14 Å². The highest BCUT2D eigenvalue weighted by Gasteiger charge is 2.38. The van der Waals surface area contributed by atoms with Crippen molar-refractivity contribution in [3.8, 4) is 0 Å². The Morgan fingerprint density at radius 1 is 1.00 bits per heavy atom. The van der Waals surface area contributed by atoms with Crippen LogP contribution in [0.3, 0.4) is 0 Å². The van der Waals surface area contributed by atoms with Crippen molar-refractivity contribution in [2.45, 2.75) is 37.6 Å². The zero-order chi connectivity index (χ0) is 23.7. The van der Waals surface area contributed by atoms with E-state index in [1.807, 2.05) is 0 Å². The van der Waals surface area contributed by atoms with Crippen LogP contribution in [0.2, 0.25) is 0 Å². The maximum absolute atomic E-state index is 12.8. The molecular weight excluding hydrogens is 441 g/mol. The lowest BCUT2D eigenvalue weighted by molar-refractivity contribution is -0.137. The van der Waals surface area contributed by atoms with Gasteiger partial charge in [0.2, 0.25) is 15.8 Å². The predicted molar refractivity (Wildman–Crippen MR) is 116 cm³/mol. The number of carbonyl (C=O) groups excluding carboxylic acids is 1. The molecule has 0 radical (unpaired) electrons. The second-order valence-corrected chi connectivity index (χ2v) is 9.89. The van der Waals surface area contributed by atoms with E-state index in [9.17, 15) is 26.4 Å². The Bertz CT molecular complexity index is 1220. The van der Waals surface area contributed by atoms with Gasteiger partial charge in [0.25, 0.3) is 0 Å². The van der Waals surface area contributed by atoms with Crippen LogP contribution in [0.5, 0.6) is 0 Å². The summed E-state index contributed by atoms with van der Waals surface area (Å²) in [6.07, 6.45) is -4.02. The van der Waals surface area contributed by atoms with Gasteiger partial charge in [0.15, 0.2) is 0 Å². The van der Waals surface area contributed by atoms with Gasteiger partial charge in [-0.15, -0.1) is 0 Å². The van der Waals surface area contributed by atoms with Crippen LogP contribution in [0.1, 0.15) is 51.8 Å². The fraction of sp³-hybridized carbons (Fsp3) is 0.261. The number of hydrogen-bond donors (Lipinski definition) is 2. The molecule has 0 aliphatic carbocycles. The predicted octanol–water partition coefficient (Wildman–Crippen LogP) is 4.71. The molecule has 1 atom stereocenters. The molecule has 3 N–H and O–H groups in total. The molecule has 0 bridgehead atoms. The van der Waals surface area contributed by atoms with Crippen LogP contribution in [-0.2, 0) is 27.4 Å². The van der Waals surface area contributed by atoms with Crippen LogP contribution in [0, 0.1) is 6.92 Å². The summed E-state index contributed by atoms with van der Waals surface area (Å²) in [4.78, 5) is 15.8. The monoisotopic (exact) mass is 464 g/mol. The molecule has 0 spiro atoms. The number of aromatic nitrogens is 1. The number of H-pyrrole nitrogens is 1. The molecule has 3 aromatic rings. The van der Waals surface area contributed by atoms with E-state index in [4.69, 9.17) is 5.14 Å². The minimum absolute atomic E-state index is 0.119. The first-order valence-corrected chi connectivity index (χ1v) is 11.4. The first-order valence-electron chi connectivity index (χ1n) is 9.81. The summed E-state index contributed by atoms with van der Waals surface area (Å²) >= 11 is 0. The van der Waals surface area contributed by atoms with E-state index in [0.717, 1.165) is 24.3 Å². The maximum Gasteiger partial charge on any atom is 0.416 e. The molecule has 0 amide bonds. The van der Waals surface area contributed by atoms with Crippen molar-refractivity contribution in [3.05, 3.63) is 94.3 Å². The summed E-state index contributed by atoms with van der Waals surface area (Å²) in [5.74, 6) is -0.445. The number of halogens is 3. The molecule has 0 aliphatic rings. The smallest absolute Gasteiger partial charge is 0.355 e. The number of aryl methyl sites for hydroxylation is 2. The third kappa shape index (κ3) is 4.78. The van der Waals surface area contributed by atoms with E-state index >= 15 is 0 Å². The van der Waals surface area contributed by atoms with Crippen molar-refractivity contribution >= 4 is 15.8 Å². The first-order chi connectivity index (χ1) is 14.8. The minimum Gasteiger partial charge on any atom is -0.355 e.